The summed E-state index contributed by atoms with van der Waals surface area (Å²) in [5.41, 5.74) is 6.19. The Morgan fingerprint density at radius 2 is 1.94 bits per heavy atom. The Morgan fingerprint density at radius 1 is 1.33 bits per heavy atom. The Morgan fingerprint density at radius 3 is 2.39 bits per heavy atom. The van der Waals surface area contributed by atoms with Gasteiger partial charge in [-0.05, 0) is 30.5 Å². The highest BCUT2D eigenvalue weighted by molar-refractivity contribution is 5.97. The number of phenols is 1. The van der Waals surface area contributed by atoms with Gasteiger partial charge in [0.2, 0.25) is 5.91 Å². The summed E-state index contributed by atoms with van der Waals surface area (Å²) < 4.78 is 0. The number of primary amides is 1. The smallest absolute Gasteiger partial charge is 0.252 e. The van der Waals surface area contributed by atoms with Crippen molar-refractivity contribution >= 4 is 11.8 Å². The molecule has 1 aromatic carbocycles. The third-order valence-corrected chi connectivity index (χ3v) is 2.73. The lowest BCUT2D eigenvalue weighted by Gasteiger charge is -2.19. The average Bonchev–Trinajstić information content (AvgIpc) is 2.28. The summed E-state index contributed by atoms with van der Waals surface area (Å²) in [6.07, 6.45) is 0. The first-order valence-corrected chi connectivity index (χ1v) is 5.72. The quantitative estimate of drug-likeness (QED) is 0.742. The van der Waals surface area contributed by atoms with Gasteiger partial charge in [-0.15, -0.1) is 0 Å². The third-order valence-electron chi connectivity index (χ3n) is 2.73. The van der Waals surface area contributed by atoms with E-state index in [4.69, 9.17) is 5.73 Å². The van der Waals surface area contributed by atoms with Gasteiger partial charge in [0.15, 0.2) is 0 Å². The lowest BCUT2D eigenvalue weighted by atomic mass is 10.0. The Balaban J connectivity index is 2.87. The molecule has 4 N–H and O–H groups in total. The first-order valence-electron chi connectivity index (χ1n) is 5.72. The summed E-state index contributed by atoms with van der Waals surface area (Å²) in [6.45, 7) is 5.32. The van der Waals surface area contributed by atoms with Crippen molar-refractivity contribution in [1.29, 1.82) is 0 Å². The maximum atomic E-state index is 11.9. The van der Waals surface area contributed by atoms with Crippen molar-refractivity contribution in [2.24, 2.45) is 11.7 Å². The molecule has 1 unspecified atom stereocenters. The minimum absolute atomic E-state index is 0.0443. The minimum atomic E-state index is -0.721. The van der Waals surface area contributed by atoms with Gasteiger partial charge in [-0.2, -0.15) is 0 Å². The van der Waals surface area contributed by atoms with E-state index in [0.717, 1.165) is 0 Å². The van der Waals surface area contributed by atoms with Crippen LogP contribution in [0.25, 0.3) is 0 Å². The highest BCUT2D eigenvalue weighted by atomic mass is 16.3. The highest BCUT2D eigenvalue weighted by Gasteiger charge is 2.22. The molecule has 1 rings (SSSR count). The van der Waals surface area contributed by atoms with E-state index in [2.05, 4.69) is 5.32 Å². The van der Waals surface area contributed by atoms with Gasteiger partial charge in [0.05, 0.1) is 0 Å². The van der Waals surface area contributed by atoms with Crippen LogP contribution in [0.5, 0.6) is 5.75 Å². The first-order chi connectivity index (χ1) is 8.32. The summed E-state index contributed by atoms with van der Waals surface area (Å²) in [5, 5.41) is 12.1. The zero-order chi connectivity index (χ0) is 13.9. The largest absolute Gasteiger partial charge is 0.508 e. The Kier molecular flexibility index (Phi) is 4.31. The van der Waals surface area contributed by atoms with Crippen molar-refractivity contribution in [3.63, 3.8) is 0 Å². The average molecular weight is 250 g/mol. The molecule has 0 aliphatic carbocycles. The number of aromatic hydroxyl groups is 1. The van der Waals surface area contributed by atoms with Gasteiger partial charge < -0.3 is 16.2 Å². The van der Waals surface area contributed by atoms with Crippen LogP contribution in [-0.4, -0.2) is 23.0 Å². The number of nitrogens with two attached hydrogens (primary N) is 1. The second-order valence-corrected chi connectivity index (χ2v) is 4.60. The summed E-state index contributed by atoms with van der Waals surface area (Å²) in [6, 6.07) is 3.87. The fourth-order valence-corrected chi connectivity index (χ4v) is 1.54. The summed E-state index contributed by atoms with van der Waals surface area (Å²) in [4.78, 5) is 23.1. The second-order valence-electron chi connectivity index (χ2n) is 4.60. The standard InChI is InChI=1S/C13H18N2O3/c1-7(2)11(12(14)17)15-13(18)9-5-4-8(3)10(16)6-9/h4-7,11,16H,1-3H3,(H2,14,17)(H,15,18). The van der Waals surface area contributed by atoms with Crippen LogP contribution >= 0.6 is 0 Å². The van der Waals surface area contributed by atoms with Gasteiger partial charge in [0, 0.05) is 5.56 Å². The van der Waals surface area contributed by atoms with E-state index in [1.807, 2.05) is 0 Å². The normalized spacial score (nSPS) is 12.2. The molecule has 2 amide bonds. The number of carbonyl (C=O) groups is 2. The molecular formula is C13H18N2O3. The van der Waals surface area contributed by atoms with Gasteiger partial charge >= 0.3 is 0 Å². The molecular weight excluding hydrogens is 232 g/mol. The molecule has 0 aliphatic rings. The van der Waals surface area contributed by atoms with Crippen molar-refractivity contribution in [3.05, 3.63) is 29.3 Å². The van der Waals surface area contributed by atoms with E-state index < -0.39 is 17.9 Å². The van der Waals surface area contributed by atoms with E-state index in [0.29, 0.717) is 11.1 Å². The molecule has 0 aliphatic heterocycles. The maximum absolute atomic E-state index is 11.9. The van der Waals surface area contributed by atoms with Crippen LogP contribution in [0.3, 0.4) is 0 Å². The van der Waals surface area contributed by atoms with Gasteiger partial charge in [-0.1, -0.05) is 19.9 Å². The number of hydrogen-bond donors (Lipinski definition) is 3. The van der Waals surface area contributed by atoms with Crippen LogP contribution in [0.2, 0.25) is 0 Å². The lowest BCUT2D eigenvalue weighted by Crippen LogP contribution is -2.47. The third kappa shape index (κ3) is 3.23. The molecule has 5 nitrogen and oxygen atoms in total. The number of rotatable bonds is 4. The van der Waals surface area contributed by atoms with E-state index in [1.54, 1.807) is 32.9 Å². The molecule has 5 heteroatoms. The topological polar surface area (TPSA) is 92.4 Å². The molecule has 0 heterocycles. The second kappa shape index (κ2) is 5.53. The van der Waals surface area contributed by atoms with Crippen LogP contribution in [0.15, 0.2) is 18.2 Å². The van der Waals surface area contributed by atoms with Crippen molar-refractivity contribution in [3.8, 4) is 5.75 Å². The molecule has 0 saturated heterocycles. The van der Waals surface area contributed by atoms with Crippen LogP contribution in [0, 0.1) is 12.8 Å². The highest BCUT2D eigenvalue weighted by Crippen LogP contribution is 2.17. The van der Waals surface area contributed by atoms with E-state index in [-0.39, 0.29) is 11.7 Å². The number of phenolic OH excluding ortho intramolecular Hbond substituents is 1. The maximum Gasteiger partial charge on any atom is 0.252 e. The summed E-state index contributed by atoms with van der Waals surface area (Å²) >= 11 is 0. The molecule has 98 valence electrons. The fourth-order valence-electron chi connectivity index (χ4n) is 1.54. The zero-order valence-electron chi connectivity index (χ0n) is 10.7. The number of benzene rings is 1. The molecule has 0 radical (unpaired) electrons. The molecule has 0 fully saturated rings. The number of amides is 2. The monoisotopic (exact) mass is 250 g/mol. The Bertz CT molecular complexity index is 469. The van der Waals surface area contributed by atoms with Crippen LogP contribution in [0.1, 0.15) is 29.8 Å². The number of hydrogen-bond acceptors (Lipinski definition) is 3. The Labute approximate surface area is 106 Å². The van der Waals surface area contributed by atoms with E-state index in [1.165, 1.54) is 6.07 Å². The van der Waals surface area contributed by atoms with E-state index in [9.17, 15) is 14.7 Å². The Hall–Kier alpha value is -2.04. The molecule has 0 spiro atoms. The van der Waals surface area contributed by atoms with Crippen LogP contribution < -0.4 is 11.1 Å². The first kappa shape index (κ1) is 14.0. The van der Waals surface area contributed by atoms with Gasteiger partial charge in [-0.25, -0.2) is 0 Å². The lowest BCUT2D eigenvalue weighted by molar-refractivity contribution is -0.120. The minimum Gasteiger partial charge on any atom is -0.508 e. The molecule has 1 atom stereocenters. The predicted molar refractivity (Wildman–Crippen MR) is 68.1 cm³/mol. The molecule has 0 bridgehead atoms. The van der Waals surface area contributed by atoms with Crippen LogP contribution in [0.4, 0.5) is 0 Å². The number of aryl methyl sites for hydroxylation is 1. The van der Waals surface area contributed by atoms with Gasteiger partial charge in [0.25, 0.3) is 5.91 Å². The van der Waals surface area contributed by atoms with Crippen molar-refractivity contribution < 1.29 is 14.7 Å². The summed E-state index contributed by atoms with van der Waals surface area (Å²) in [7, 11) is 0. The van der Waals surface area contributed by atoms with Gasteiger partial charge in [0.1, 0.15) is 11.8 Å². The predicted octanol–water partition coefficient (Wildman–Crippen LogP) is 0.940. The molecule has 1 aromatic rings. The molecule has 18 heavy (non-hydrogen) atoms. The zero-order valence-corrected chi connectivity index (χ0v) is 10.7. The van der Waals surface area contributed by atoms with Crippen molar-refractivity contribution in [2.75, 3.05) is 0 Å². The SMILES string of the molecule is Cc1ccc(C(=O)NC(C(N)=O)C(C)C)cc1O. The van der Waals surface area contributed by atoms with Crippen LogP contribution in [-0.2, 0) is 4.79 Å². The fraction of sp³-hybridized carbons (Fsp3) is 0.385. The summed E-state index contributed by atoms with van der Waals surface area (Å²) in [5.74, 6) is -1.05. The van der Waals surface area contributed by atoms with Crippen molar-refractivity contribution in [2.45, 2.75) is 26.8 Å². The van der Waals surface area contributed by atoms with E-state index >= 15 is 0 Å². The number of carbonyl (C=O) groups excluding carboxylic acids is 2. The van der Waals surface area contributed by atoms with Gasteiger partial charge in [-0.3, -0.25) is 9.59 Å². The van der Waals surface area contributed by atoms with Crippen molar-refractivity contribution in [1.82, 2.24) is 5.32 Å². The molecule has 0 saturated carbocycles. The number of nitrogens with one attached hydrogen (secondary N) is 1. The molecule has 0 aromatic heterocycles.